The number of halogens is 1. The largest absolute Gasteiger partial charge is 0.384 e. The molecule has 1 aliphatic carbocycles. The zero-order valence-corrected chi connectivity index (χ0v) is 14.3. The molecule has 5 nitrogen and oxygen atoms in total. The second-order valence-electron chi connectivity index (χ2n) is 7.02. The highest BCUT2D eigenvalue weighted by Gasteiger charge is 2.33. The lowest BCUT2D eigenvalue weighted by molar-refractivity contribution is 0.0674. The maximum atomic E-state index is 14.0. The molecule has 6 heteroatoms. The summed E-state index contributed by atoms with van der Waals surface area (Å²) in [5.74, 6) is -0.00545. The fourth-order valence-corrected chi connectivity index (χ4v) is 3.52. The predicted octanol–water partition coefficient (Wildman–Crippen LogP) is 2.82. The van der Waals surface area contributed by atoms with Crippen LogP contribution in [0.25, 0.3) is 0 Å². The molecule has 1 amide bonds. The topological polar surface area (TPSA) is 47.4 Å². The summed E-state index contributed by atoms with van der Waals surface area (Å²) in [7, 11) is 1.65. The zero-order chi connectivity index (χ0) is 17.4. The summed E-state index contributed by atoms with van der Waals surface area (Å²) in [6.07, 6.45) is 4.57. The SMILES string of the molecule is COCC1CN(C(=O)c2ccccc2F)Cc2cn(CC3CC3)nc21. The van der Waals surface area contributed by atoms with E-state index in [-0.39, 0.29) is 17.4 Å². The molecular formula is C19H22FN3O2. The smallest absolute Gasteiger partial charge is 0.257 e. The van der Waals surface area contributed by atoms with Crippen LogP contribution in [0.2, 0.25) is 0 Å². The van der Waals surface area contributed by atoms with Crippen molar-refractivity contribution in [2.24, 2.45) is 5.92 Å². The van der Waals surface area contributed by atoms with Gasteiger partial charge >= 0.3 is 0 Å². The number of nitrogens with zero attached hydrogens (tertiary/aromatic N) is 3. The molecule has 0 bridgehead atoms. The summed E-state index contributed by atoms with van der Waals surface area (Å²) in [5, 5.41) is 4.74. The average molecular weight is 343 g/mol. The van der Waals surface area contributed by atoms with E-state index < -0.39 is 5.82 Å². The molecule has 0 saturated heterocycles. The minimum Gasteiger partial charge on any atom is -0.384 e. The number of hydrogen-bond acceptors (Lipinski definition) is 3. The molecule has 0 N–H and O–H groups in total. The van der Waals surface area contributed by atoms with E-state index in [2.05, 4.69) is 0 Å². The molecular weight excluding hydrogens is 321 g/mol. The van der Waals surface area contributed by atoms with Crippen molar-refractivity contribution in [2.45, 2.75) is 31.8 Å². The highest BCUT2D eigenvalue weighted by molar-refractivity contribution is 5.94. The number of hydrogen-bond donors (Lipinski definition) is 0. The number of amides is 1. The summed E-state index contributed by atoms with van der Waals surface area (Å²) in [4.78, 5) is 14.5. The molecule has 0 spiro atoms. The molecule has 0 radical (unpaired) electrons. The molecule has 1 saturated carbocycles. The number of carbonyl (C=O) groups is 1. The van der Waals surface area contributed by atoms with Gasteiger partial charge < -0.3 is 9.64 Å². The van der Waals surface area contributed by atoms with Crippen LogP contribution in [0.1, 0.15) is 40.4 Å². The summed E-state index contributed by atoms with van der Waals surface area (Å²) in [6, 6.07) is 6.14. The van der Waals surface area contributed by atoms with Crippen LogP contribution in [0, 0.1) is 11.7 Å². The van der Waals surface area contributed by atoms with Gasteiger partial charge in [-0.15, -0.1) is 0 Å². The fourth-order valence-electron chi connectivity index (χ4n) is 3.52. The minimum atomic E-state index is -0.481. The quantitative estimate of drug-likeness (QED) is 0.839. The van der Waals surface area contributed by atoms with Crippen LogP contribution in [0.4, 0.5) is 4.39 Å². The Labute approximate surface area is 146 Å². The van der Waals surface area contributed by atoms with Crippen LogP contribution in [0.5, 0.6) is 0 Å². The van der Waals surface area contributed by atoms with E-state index in [0.29, 0.717) is 19.7 Å². The van der Waals surface area contributed by atoms with E-state index in [9.17, 15) is 9.18 Å². The second kappa shape index (κ2) is 6.59. The van der Waals surface area contributed by atoms with Gasteiger partial charge in [-0.2, -0.15) is 5.10 Å². The predicted molar refractivity (Wildman–Crippen MR) is 90.7 cm³/mol. The van der Waals surface area contributed by atoms with Crippen molar-refractivity contribution < 1.29 is 13.9 Å². The molecule has 1 fully saturated rings. The monoisotopic (exact) mass is 343 g/mol. The Morgan fingerprint density at radius 3 is 2.88 bits per heavy atom. The molecule has 132 valence electrons. The average Bonchev–Trinajstić information content (AvgIpc) is 3.31. The molecule has 1 aliphatic heterocycles. The maximum absolute atomic E-state index is 14.0. The number of methoxy groups -OCH3 is 1. The number of ether oxygens (including phenoxy) is 1. The Hall–Kier alpha value is -2.21. The van der Waals surface area contributed by atoms with E-state index in [1.54, 1.807) is 24.1 Å². The second-order valence-corrected chi connectivity index (χ2v) is 7.02. The van der Waals surface area contributed by atoms with E-state index in [1.807, 2.05) is 10.9 Å². The number of carbonyl (C=O) groups excluding carboxylic acids is 1. The first kappa shape index (κ1) is 16.3. The van der Waals surface area contributed by atoms with Crippen molar-refractivity contribution in [2.75, 3.05) is 20.3 Å². The number of fused-ring (bicyclic) bond motifs is 1. The standard InChI is InChI=1S/C19H22FN3O2/c1-25-12-15-10-22(19(24)16-4-2-3-5-17(16)20)9-14-11-23(21-18(14)15)8-13-6-7-13/h2-5,11,13,15H,6-10,12H2,1H3. The number of benzene rings is 1. The normalized spacial score (nSPS) is 19.8. The zero-order valence-electron chi connectivity index (χ0n) is 14.3. The highest BCUT2D eigenvalue weighted by Crippen LogP contribution is 2.33. The Morgan fingerprint density at radius 1 is 1.36 bits per heavy atom. The molecule has 1 unspecified atom stereocenters. The van der Waals surface area contributed by atoms with E-state index >= 15 is 0 Å². The summed E-state index contributed by atoms with van der Waals surface area (Å²) in [5.41, 5.74) is 2.17. The fraction of sp³-hybridized carbons (Fsp3) is 0.474. The van der Waals surface area contributed by atoms with Crippen molar-refractivity contribution in [3.8, 4) is 0 Å². The lowest BCUT2D eigenvalue weighted by atomic mass is 9.96. The van der Waals surface area contributed by atoms with Gasteiger partial charge in [0.15, 0.2) is 0 Å². The lowest BCUT2D eigenvalue weighted by Crippen LogP contribution is -2.39. The van der Waals surface area contributed by atoms with E-state index in [4.69, 9.17) is 9.84 Å². The molecule has 25 heavy (non-hydrogen) atoms. The van der Waals surface area contributed by atoms with Gasteiger partial charge in [0.05, 0.1) is 17.9 Å². The molecule has 1 aromatic heterocycles. The maximum Gasteiger partial charge on any atom is 0.257 e. The summed E-state index contributed by atoms with van der Waals surface area (Å²) in [6.45, 7) is 2.39. The highest BCUT2D eigenvalue weighted by atomic mass is 19.1. The van der Waals surface area contributed by atoms with Gasteiger partial charge in [0.25, 0.3) is 5.91 Å². The van der Waals surface area contributed by atoms with Crippen LogP contribution < -0.4 is 0 Å². The first-order valence-corrected chi connectivity index (χ1v) is 8.74. The van der Waals surface area contributed by atoms with E-state index in [1.165, 1.54) is 25.0 Å². The van der Waals surface area contributed by atoms with E-state index in [0.717, 1.165) is 23.7 Å². The van der Waals surface area contributed by atoms with Gasteiger partial charge in [0.1, 0.15) is 5.82 Å². The summed E-state index contributed by atoms with van der Waals surface area (Å²) >= 11 is 0. The lowest BCUT2D eigenvalue weighted by Gasteiger charge is -2.31. The molecule has 2 aliphatic rings. The number of aromatic nitrogens is 2. The Balaban J connectivity index is 1.60. The van der Waals surface area contributed by atoms with Crippen LogP contribution in [-0.4, -0.2) is 40.8 Å². The first-order valence-electron chi connectivity index (χ1n) is 8.74. The molecule has 1 aromatic carbocycles. The Bertz CT molecular complexity index is 785. The Kier molecular flexibility index (Phi) is 4.29. The van der Waals surface area contributed by atoms with Crippen molar-refractivity contribution in [1.82, 2.24) is 14.7 Å². The van der Waals surface area contributed by atoms with Crippen LogP contribution in [0.15, 0.2) is 30.5 Å². The van der Waals surface area contributed by atoms with Gasteiger partial charge in [-0.3, -0.25) is 9.48 Å². The van der Waals surface area contributed by atoms with Crippen molar-refractivity contribution in [1.29, 1.82) is 0 Å². The van der Waals surface area contributed by atoms with Crippen LogP contribution >= 0.6 is 0 Å². The molecule has 4 rings (SSSR count). The van der Waals surface area contributed by atoms with Gasteiger partial charge in [0, 0.05) is 44.4 Å². The van der Waals surface area contributed by atoms with Crippen molar-refractivity contribution >= 4 is 5.91 Å². The number of rotatable bonds is 5. The van der Waals surface area contributed by atoms with Crippen molar-refractivity contribution in [3.05, 3.63) is 53.1 Å². The molecule has 2 aromatic rings. The molecule has 2 heterocycles. The third-order valence-electron chi connectivity index (χ3n) is 4.96. The van der Waals surface area contributed by atoms with Crippen LogP contribution in [-0.2, 0) is 17.8 Å². The Morgan fingerprint density at radius 2 is 2.16 bits per heavy atom. The van der Waals surface area contributed by atoms with Gasteiger partial charge in [0.2, 0.25) is 0 Å². The van der Waals surface area contributed by atoms with Crippen LogP contribution in [0.3, 0.4) is 0 Å². The minimum absolute atomic E-state index is 0.0185. The first-order chi connectivity index (χ1) is 12.2. The molecule has 1 atom stereocenters. The van der Waals surface area contributed by atoms with Crippen molar-refractivity contribution in [3.63, 3.8) is 0 Å². The van der Waals surface area contributed by atoms with Gasteiger partial charge in [-0.05, 0) is 30.9 Å². The van der Waals surface area contributed by atoms with Gasteiger partial charge in [-0.1, -0.05) is 12.1 Å². The summed E-state index contributed by atoms with van der Waals surface area (Å²) < 4.78 is 21.3. The third-order valence-corrected chi connectivity index (χ3v) is 4.96. The van der Waals surface area contributed by atoms with Gasteiger partial charge in [-0.25, -0.2) is 4.39 Å². The third kappa shape index (κ3) is 3.31.